The number of carboxylic acids is 1. The van der Waals surface area contributed by atoms with E-state index in [0.717, 1.165) is 5.56 Å². The van der Waals surface area contributed by atoms with Crippen LogP contribution in [0.5, 0.6) is 0 Å². The maximum atomic E-state index is 12.4. The lowest BCUT2D eigenvalue weighted by Gasteiger charge is -2.09. The maximum absolute atomic E-state index is 12.4. The fourth-order valence-electron chi connectivity index (χ4n) is 2.42. The number of nitrogens with one attached hydrogen (secondary N) is 1. The molecule has 0 saturated heterocycles. The fraction of sp³-hybridized carbons (Fsp3) is 0.0526. The standard InChI is InChI=1S/C19H14BrNO4/c1-11-4-2-3-5-13(11)18(22)21-12-6-7-14(15(20)10-12)16-8-9-17(25-16)19(23)24/h2-10H,1H3,(H,21,22)(H,23,24). The van der Waals surface area contributed by atoms with Crippen LogP contribution < -0.4 is 5.32 Å². The van der Waals surface area contributed by atoms with Gasteiger partial charge in [-0.15, -0.1) is 0 Å². The third kappa shape index (κ3) is 3.64. The number of furan rings is 1. The summed E-state index contributed by atoms with van der Waals surface area (Å²) in [6.07, 6.45) is 0. The molecule has 126 valence electrons. The summed E-state index contributed by atoms with van der Waals surface area (Å²) < 4.78 is 5.98. The van der Waals surface area contributed by atoms with Crippen LogP contribution in [0.2, 0.25) is 0 Å². The Bertz CT molecular complexity index is 962. The van der Waals surface area contributed by atoms with Crippen molar-refractivity contribution >= 4 is 33.5 Å². The minimum atomic E-state index is -1.12. The first-order chi connectivity index (χ1) is 12.0. The molecule has 1 aromatic heterocycles. The highest BCUT2D eigenvalue weighted by molar-refractivity contribution is 9.10. The second-order valence-corrected chi connectivity index (χ2v) is 6.29. The van der Waals surface area contributed by atoms with Crippen molar-refractivity contribution in [2.75, 3.05) is 5.32 Å². The van der Waals surface area contributed by atoms with Crippen LogP contribution in [-0.4, -0.2) is 17.0 Å². The number of anilines is 1. The number of hydrogen-bond donors (Lipinski definition) is 2. The number of carbonyl (C=O) groups is 2. The molecule has 3 aromatic rings. The highest BCUT2D eigenvalue weighted by Gasteiger charge is 2.14. The number of carbonyl (C=O) groups excluding carboxylic acids is 1. The molecule has 2 aromatic carbocycles. The predicted molar refractivity (Wildman–Crippen MR) is 97.9 cm³/mol. The zero-order chi connectivity index (χ0) is 18.0. The molecule has 1 heterocycles. The first-order valence-electron chi connectivity index (χ1n) is 7.46. The van der Waals surface area contributed by atoms with Gasteiger partial charge in [0, 0.05) is 21.3 Å². The second kappa shape index (κ2) is 6.94. The van der Waals surface area contributed by atoms with Gasteiger partial charge in [0.2, 0.25) is 5.76 Å². The van der Waals surface area contributed by atoms with Crippen molar-refractivity contribution in [3.8, 4) is 11.3 Å². The summed E-state index contributed by atoms with van der Waals surface area (Å²) in [6.45, 7) is 1.88. The molecule has 0 saturated carbocycles. The van der Waals surface area contributed by atoms with E-state index in [1.165, 1.54) is 6.07 Å². The molecule has 0 aliphatic rings. The van der Waals surface area contributed by atoms with Crippen molar-refractivity contribution in [1.82, 2.24) is 0 Å². The van der Waals surface area contributed by atoms with Gasteiger partial charge in [0.1, 0.15) is 5.76 Å². The molecule has 0 spiro atoms. The van der Waals surface area contributed by atoms with E-state index in [4.69, 9.17) is 9.52 Å². The number of aryl methyl sites for hydroxylation is 1. The van der Waals surface area contributed by atoms with Crippen LogP contribution in [0.15, 0.2) is 63.5 Å². The summed E-state index contributed by atoms with van der Waals surface area (Å²) in [4.78, 5) is 23.3. The van der Waals surface area contributed by atoms with Gasteiger partial charge in [0.15, 0.2) is 0 Å². The van der Waals surface area contributed by atoms with E-state index in [-0.39, 0.29) is 11.7 Å². The van der Waals surface area contributed by atoms with Crippen LogP contribution in [0.3, 0.4) is 0 Å². The van der Waals surface area contributed by atoms with Crippen molar-refractivity contribution in [2.45, 2.75) is 6.92 Å². The minimum absolute atomic E-state index is 0.126. The maximum Gasteiger partial charge on any atom is 0.371 e. The Morgan fingerprint density at radius 1 is 1.08 bits per heavy atom. The predicted octanol–water partition coefficient (Wildman–Crippen LogP) is 4.97. The van der Waals surface area contributed by atoms with E-state index in [9.17, 15) is 9.59 Å². The quantitative estimate of drug-likeness (QED) is 0.648. The Labute approximate surface area is 152 Å². The van der Waals surface area contributed by atoms with E-state index < -0.39 is 5.97 Å². The largest absolute Gasteiger partial charge is 0.475 e. The van der Waals surface area contributed by atoms with Gasteiger partial charge in [-0.05, 0) is 64.8 Å². The topological polar surface area (TPSA) is 79.5 Å². The van der Waals surface area contributed by atoms with Gasteiger partial charge in [-0.25, -0.2) is 4.79 Å². The molecule has 2 N–H and O–H groups in total. The Balaban J connectivity index is 1.83. The van der Waals surface area contributed by atoms with Crippen molar-refractivity contribution in [1.29, 1.82) is 0 Å². The number of benzene rings is 2. The average Bonchev–Trinajstić information content (AvgIpc) is 3.05. The summed E-state index contributed by atoms with van der Waals surface area (Å²) in [6, 6.07) is 15.6. The van der Waals surface area contributed by atoms with Gasteiger partial charge in [-0.3, -0.25) is 4.79 Å². The molecule has 0 atom stereocenters. The smallest absolute Gasteiger partial charge is 0.371 e. The van der Waals surface area contributed by atoms with Crippen LogP contribution in [-0.2, 0) is 0 Å². The number of halogens is 1. The molecule has 0 bridgehead atoms. The second-order valence-electron chi connectivity index (χ2n) is 5.43. The zero-order valence-electron chi connectivity index (χ0n) is 13.2. The normalized spacial score (nSPS) is 10.5. The average molecular weight is 400 g/mol. The van der Waals surface area contributed by atoms with Gasteiger partial charge < -0.3 is 14.8 Å². The molecular formula is C19H14BrNO4. The summed E-state index contributed by atoms with van der Waals surface area (Å²) >= 11 is 3.43. The Hall–Kier alpha value is -2.86. The lowest BCUT2D eigenvalue weighted by molar-refractivity contribution is 0.0663. The van der Waals surface area contributed by atoms with Gasteiger partial charge in [0.25, 0.3) is 5.91 Å². The molecule has 0 aliphatic carbocycles. The van der Waals surface area contributed by atoms with E-state index in [1.54, 1.807) is 30.3 Å². The van der Waals surface area contributed by atoms with Crippen LogP contribution in [0.4, 0.5) is 5.69 Å². The molecule has 0 radical (unpaired) electrons. The Morgan fingerprint density at radius 2 is 1.84 bits per heavy atom. The SMILES string of the molecule is Cc1ccccc1C(=O)Nc1ccc(-c2ccc(C(=O)O)o2)c(Br)c1. The van der Waals surface area contributed by atoms with Gasteiger partial charge in [-0.2, -0.15) is 0 Å². The lowest BCUT2D eigenvalue weighted by Crippen LogP contribution is -2.13. The number of carboxylic acid groups (broad SMARTS) is 1. The summed E-state index contributed by atoms with van der Waals surface area (Å²) in [7, 11) is 0. The monoisotopic (exact) mass is 399 g/mol. The molecule has 5 nitrogen and oxygen atoms in total. The van der Waals surface area contributed by atoms with Crippen molar-refractivity contribution < 1.29 is 19.1 Å². The molecule has 6 heteroatoms. The summed E-state index contributed by atoms with van der Waals surface area (Å²) in [5, 5.41) is 11.8. The molecule has 0 fully saturated rings. The molecule has 1 amide bonds. The van der Waals surface area contributed by atoms with Crippen LogP contribution in [0.25, 0.3) is 11.3 Å². The zero-order valence-corrected chi connectivity index (χ0v) is 14.8. The first-order valence-corrected chi connectivity index (χ1v) is 8.25. The van der Waals surface area contributed by atoms with E-state index in [0.29, 0.717) is 27.0 Å². The van der Waals surface area contributed by atoms with Crippen LogP contribution >= 0.6 is 15.9 Å². The van der Waals surface area contributed by atoms with Crippen molar-refractivity contribution in [2.24, 2.45) is 0 Å². The first kappa shape index (κ1) is 17.0. The molecular weight excluding hydrogens is 386 g/mol. The minimum Gasteiger partial charge on any atom is -0.475 e. The lowest BCUT2D eigenvalue weighted by atomic mass is 10.1. The summed E-state index contributed by atoms with van der Waals surface area (Å²) in [5.41, 5.74) is 2.82. The van der Waals surface area contributed by atoms with Crippen molar-refractivity contribution in [3.05, 3.63) is 76.0 Å². The van der Waals surface area contributed by atoms with Gasteiger partial charge in [-0.1, -0.05) is 18.2 Å². The number of hydrogen-bond acceptors (Lipinski definition) is 3. The Kier molecular flexibility index (Phi) is 4.72. The van der Waals surface area contributed by atoms with Gasteiger partial charge in [0.05, 0.1) is 0 Å². The highest BCUT2D eigenvalue weighted by atomic mass is 79.9. The molecule has 25 heavy (non-hydrogen) atoms. The van der Waals surface area contributed by atoms with Crippen LogP contribution in [0.1, 0.15) is 26.5 Å². The van der Waals surface area contributed by atoms with E-state index >= 15 is 0 Å². The number of aromatic carboxylic acids is 1. The van der Waals surface area contributed by atoms with Crippen LogP contribution in [0, 0.1) is 6.92 Å². The number of amides is 1. The van der Waals surface area contributed by atoms with E-state index in [1.807, 2.05) is 25.1 Å². The van der Waals surface area contributed by atoms with E-state index in [2.05, 4.69) is 21.2 Å². The fourth-order valence-corrected chi connectivity index (χ4v) is 2.99. The summed E-state index contributed by atoms with van der Waals surface area (Å²) in [5.74, 6) is -1.01. The molecule has 0 aliphatic heterocycles. The Morgan fingerprint density at radius 3 is 2.48 bits per heavy atom. The third-order valence-corrected chi connectivity index (χ3v) is 4.35. The highest BCUT2D eigenvalue weighted by Crippen LogP contribution is 2.32. The number of rotatable bonds is 4. The van der Waals surface area contributed by atoms with Gasteiger partial charge >= 0.3 is 5.97 Å². The van der Waals surface area contributed by atoms with Crippen molar-refractivity contribution in [3.63, 3.8) is 0 Å². The molecule has 0 unspecified atom stereocenters. The third-order valence-electron chi connectivity index (χ3n) is 3.70. The molecule has 3 rings (SSSR count).